The van der Waals surface area contributed by atoms with Crippen molar-refractivity contribution in [3.8, 4) is 17.2 Å². The first-order valence-electron chi connectivity index (χ1n) is 11.3. The molecule has 0 saturated heterocycles. The number of pyridine rings is 1. The molecule has 8 heteroatoms. The van der Waals surface area contributed by atoms with Crippen molar-refractivity contribution in [1.82, 2.24) is 9.88 Å². The Morgan fingerprint density at radius 1 is 1.09 bits per heavy atom. The zero-order chi connectivity index (χ0) is 22.8. The fraction of sp³-hybridized carbons (Fsp3) is 0.360. The molecule has 0 spiro atoms. The highest BCUT2D eigenvalue weighted by Crippen LogP contribution is 2.34. The number of amides is 2. The summed E-state index contributed by atoms with van der Waals surface area (Å²) in [4.78, 5) is 30.9. The molecular formula is C25H27N3O5. The number of hydrogen-bond donors (Lipinski definition) is 2. The van der Waals surface area contributed by atoms with E-state index in [1.165, 1.54) is 0 Å². The van der Waals surface area contributed by atoms with Crippen molar-refractivity contribution >= 4 is 22.6 Å². The van der Waals surface area contributed by atoms with Gasteiger partial charge in [0.05, 0.1) is 19.2 Å². The zero-order valence-electron chi connectivity index (χ0n) is 18.6. The van der Waals surface area contributed by atoms with Gasteiger partial charge in [-0.2, -0.15) is 0 Å². The fourth-order valence-corrected chi connectivity index (χ4v) is 4.54. The van der Waals surface area contributed by atoms with Crippen molar-refractivity contribution in [3.05, 3.63) is 58.4 Å². The molecule has 1 aromatic heterocycles. The number of hydrogen-bond acceptors (Lipinski definition) is 5. The SMILES string of the molecule is COc1ccc(NC(=O)N(Cc2cc3cc4c(cc3[nH]c2=O)OCCO4)C2CCCC2)cc1. The number of carbonyl (C=O) groups is 1. The van der Waals surface area contributed by atoms with E-state index in [1.807, 2.05) is 12.1 Å². The predicted molar refractivity (Wildman–Crippen MR) is 125 cm³/mol. The third-order valence-corrected chi connectivity index (χ3v) is 6.29. The number of nitrogens with one attached hydrogen (secondary N) is 2. The van der Waals surface area contributed by atoms with Gasteiger partial charge >= 0.3 is 6.03 Å². The number of benzene rings is 2. The van der Waals surface area contributed by atoms with E-state index in [4.69, 9.17) is 14.2 Å². The Hall–Kier alpha value is -3.68. The molecule has 0 unspecified atom stereocenters. The molecule has 1 aliphatic carbocycles. The van der Waals surface area contributed by atoms with E-state index in [2.05, 4.69) is 10.3 Å². The first kappa shape index (κ1) is 21.2. The van der Waals surface area contributed by atoms with Gasteiger partial charge in [-0.15, -0.1) is 0 Å². The number of fused-ring (bicyclic) bond motifs is 2. The molecule has 5 rings (SSSR count). The molecule has 3 aromatic rings. The molecule has 2 N–H and O–H groups in total. The Labute approximate surface area is 191 Å². The summed E-state index contributed by atoms with van der Waals surface area (Å²) in [6.45, 7) is 1.21. The molecular weight excluding hydrogens is 422 g/mol. The monoisotopic (exact) mass is 449 g/mol. The standard InChI is InChI=1S/C25H27N3O5/c1-31-20-8-6-18(7-9-20)26-25(30)28(19-4-2-3-5-19)15-17-12-16-13-22-23(33-11-10-32-22)14-21(16)27-24(17)29/h6-9,12-14,19H,2-5,10-11,15H2,1H3,(H,26,30)(H,27,29). The van der Waals surface area contributed by atoms with Crippen LogP contribution >= 0.6 is 0 Å². The van der Waals surface area contributed by atoms with Crippen molar-refractivity contribution in [2.75, 3.05) is 25.6 Å². The van der Waals surface area contributed by atoms with Gasteiger partial charge in [-0.1, -0.05) is 12.8 Å². The molecule has 1 aliphatic heterocycles. The first-order chi connectivity index (χ1) is 16.1. The zero-order valence-corrected chi connectivity index (χ0v) is 18.6. The van der Waals surface area contributed by atoms with Gasteiger partial charge in [0, 0.05) is 28.7 Å². The normalized spacial score (nSPS) is 15.4. The van der Waals surface area contributed by atoms with E-state index >= 15 is 0 Å². The number of carbonyl (C=O) groups excluding carboxylic acids is 1. The smallest absolute Gasteiger partial charge is 0.322 e. The molecule has 8 nitrogen and oxygen atoms in total. The van der Waals surface area contributed by atoms with Gasteiger partial charge in [0.15, 0.2) is 11.5 Å². The quantitative estimate of drug-likeness (QED) is 0.606. The second kappa shape index (κ2) is 9.05. The second-order valence-corrected chi connectivity index (χ2v) is 8.43. The Morgan fingerprint density at radius 2 is 1.79 bits per heavy atom. The number of urea groups is 1. The van der Waals surface area contributed by atoms with E-state index < -0.39 is 0 Å². The minimum atomic E-state index is -0.214. The lowest BCUT2D eigenvalue weighted by molar-refractivity contribution is 0.172. The van der Waals surface area contributed by atoms with Crippen LogP contribution in [0.15, 0.2) is 47.3 Å². The molecule has 1 saturated carbocycles. The number of aromatic nitrogens is 1. The number of methoxy groups -OCH3 is 1. The maximum absolute atomic E-state index is 13.3. The second-order valence-electron chi connectivity index (χ2n) is 8.43. The third kappa shape index (κ3) is 4.46. The van der Waals surface area contributed by atoms with Crippen molar-refractivity contribution in [2.45, 2.75) is 38.3 Å². The van der Waals surface area contributed by atoms with Crippen molar-refractivity contribution in [3.63, 3.8) is 0 Å². The van der Waals surface area contributed by atoms with Gasteiger partial charge < -0.3 is 29.4 Å². The summed E-state index contributed by atoms with van der Waals surface area (Å²) in [6, 6.07) is 12.6. The van der Waals surface area contributed by atoms with Crippen LogP contribution in [-0.4, -0.2) is 42.3 Å². The lowest BCUT2D eigenvalue weighted by Gasteiger charge is -2.29. The predicted octanol–water partition coefficient (Wildman–Crippen LogP) is 4.28. The van der Waals surface area contributed by atoms with Crippen molar-refractivity contribution in [1.29, 1.82) is 0 Å². The largest absolute Gasteiger partial charge is 0.497 e. The molecule has 2 aromatic carbocycles. The molecule has 0 radical (unpaired) electrons. The fourth-order valence-electron chi connectivity index (χ4n) is 4.54. The van der Waals surface area contributed by atoms with Crippen LogP contribution in [0.25, 0.3) is 10.9 Å². The summed E-state index contributed by atoms with van der Waals surface area (Å²) in [5.74, 6) is 2.01. The summed E-state index contributed by atoms with van der Waals surface area (Å²) in [5.41, 5.74) is 1.69. The number of H-pyrrole nitrogens is 1. The third-order valence-electron chi connectivity index (χ3n) is 6.29. The number of anilines is 1. The van der Waals surface area contributed by atoms with Crippen LogP contribution in [0.3, 0.4) is 0 Å². The molecule has 2 heterocycles. The minimum absolute atomic E-state index is 0.0959. The summed E-state index contributed by atoms with van der Waals surface area (Å²) in [5, 5.41) is 3.81. The highest BCUT2D eigenvalue weighted by atomic mass is 16.6. The van der Waals surface area contributed by atoms with Crippen LogP contribution in [0.1, 0.15) is 31.2 Å². The molecule has 0 atom stereocenters. The Bertz CT molecular complexity index is 1220. The summed E-state index contributed by atoms with van der Waals surface area (Å²) in [7, 11) is 1.60. The van der Waals surface area contributed by atoms with Crippen LogP contribution in [0.4, 0.5) is 10.5 Å². The van der Waals surface area contributed by atoms with Crippen molar-refractivity contribution < 1.29 is 19.0 Å². The maximum Gasteiger partial charge on any atom is 0.322 e. The average Bonchev–Trinajstić information content (AvgIpc) is 3.36. The number of nitrogens with zero attached hydrogens (tertiary/aromatic N) is 1. The van der Waals surface area contributed by atoms with Gasteiger partial charge in [0.25, 0.3) is 5.56 Å². The Balaban J connectivity index is 1.42. The number of ether oxygens (including phenoxy) is 3. The van der Waals surface area contributed by atoms with E-state index in [0.29, 0.717) is 41.5 Å². The van der Waals surface area contributed by atoms with Crippen molar-refractivity contribution in [2.24, 2.45) is 0 Å². The average molecular weight is 450 g/mol. The van der Waals surface area contributed by atoms with Gasteiger partial charge in [0.2, 0.25) is 0 Å². The van der Waals surface area contributed by atoms with E-state index in [9.17, 15) is 9.59 Å². The Kier molecular flexibility index (Phi) is 5.81. The van der Waals surface area contributed by atoms with Crippen LogP contribution in [-0.2, 0) is 6.54 Å². The van der Waals surface area contributed by atoms with Crippen LogP contribution < -0.4 is 25.1 Å². The molecule has 1 fully saturated rings. The van der Waals surface area contributed by atoms with Crippen LogP contribution in [0.2, 0.25) is 0 Å². The van der Waals surface area contributed by atoms with Crippen LogP contribution in [0.5, 0.6) is 17.2 Å². The van der Waals surface area contributed by atoms with Gasteiger partial charge in [-0.05, 0) is 49.2 Å². The minimum Gasteiger partial charge on any atom is -0.497 e. The highest BCUT2D eigenvalue weighted by molar-refractivity contribution is 5.90. The number of rotatable bonds is 5. The van der Waals surface area contributed by atoms with E-state index in [-0.39, 0.29) is 24.2 Å². The first-order valence-corrected chi connectivity index (χ1v) is 11.3. The molecule has 2 aliphatic rings. The van der Waals surface area contributed by atoms with E-state index in [0.717, 1.165) is 36.8 Å². The molecule has 172 valence electrons. The lowest BCUT2D eigenvalue weighted by atomic mass is 10.1. The Morgan fingerprint density at radius 3 is 2.48 bits per heavy atom. The van der Waals surface area contributed by atoms with Gasteiger partial charge in [-0.3, -0.25) is 4.79 Å². The lowest BCUT2D eigenvalue weighted by Crippen LogP contribution is -2.42. The summed E-state index contributed by atoms with van der Waals surface area (Å²) in [6.07, 6.45) is 4.02. The number of aromatic amines is 1. The maximum atomic E-state index is 13.3. The molecule has 33 heavy (non-hydrogen) atoms. The van der Waals surface area contributed by atoms with E-state index in [1.54, 1.807) is 42.3 Å². The highest BCUT2D eigenvalue weighted by Gasteiger charge is 2.28. The summed E-state index contributed by atoms with van der Waals surface area (Å²) < 4.78 is 16.5. The molecule has 2 amide bonds. The van der Waals surface area contributed by atoms with Crippen LogP contribution in [0, 0.1) is 0 Å². The topological polar surface area (TPSA) is 92.9 Å². The molecule has 0 bridgehead atoms. The van der Waals surface area contributed by atoms with Gasteiger partial charge in [-0.25, -0.2) is 4.79 Å². The van der Waals surface area contributed by atoms with Gasteiger partial charge in [0.1, 0.15) is 19.0 Å². The summed E-state index contributed by atoms with van der Waals surface area (Å²) >= 11 is 0.